The maximum atomic E-state index is 13.6. The lowest BCUT2D eigenvalue weighted by atomic mass is 9.87. The third-order valence-electron chi connectivity index (χ3n) is 6.46. The molecular weight excluding hydrogens is 477 g/mol. The van der Waals surface area contributed by atoms with Gasteiger partial charge in [-0.1, -0.05) is 18.2 Å². The predicted molar refractivity (Wildman–Crippen MR) is 120 cm³/mol. The van der Waals surface area contributed by atoms with E-state index in [0.29, 0.717) is 25.3 Å². The van der Waals surface area contributed by atoms with Gasteiger partial charge in [0.05, 0.1) is 5.69 Å². The molecule has 1 aromatic carbocycles. The summed E-state index contributed by atoms with van der Waals surface area (Å²) in [7, 11) is -3.34. The number of para-hydroxylation sites is 1. The van der Waals surface area contributed by atoms with E-state index in [4.69, 9.17) is 9.90 Å². The minimum Gasteiger partial charge on any atom is -0.475 e. The highest BCUT2D eigenvalue weighted by molar-refractivity contribution is 7.94. The largest absolute Gasteiger partial charge is 0.490 e. The molecule has 0 unspecified atom stereocenters. The van der Waals surface area contributed by atoms with Crippen molar-refractivity contribution in [3.8, 4) is 0 Å². The van der Waals surface area contributed by atoms with Crippen LogP contribution in [0.1, 0.15) is 36.8 Å². The highest BCUT2D eigenvalue weighted by Crippen LogP contribution is 2.53. The fraction of sp³-hybridized carbons (Fsp3) is 0.500. The zero-order chi connectivity index (χ0) is 23.9. The van der Waals surface area contributed by atoms with Gasteiger partial charge in [-0.3, -0.25) is 9.21 Å². The molecule has 2 aliphatic heterocycles. The van der Waals surface area contributed by atoms with Crippen LogP contribution in [0.3, 0.4) is 0 Å². The van der Waals surface area contributed by atoms with E-state index in [9.17, 15) is 21.6 Å². The molecule has 33 heavy (non-hydrogen) atoms. The standard InChI is InChI=1S/C20H24N2O2S2.C2HF3O2/c23-26(24)20(8-10-21(11-9-20)13-17-7-12-25-15-17)18-3-1-2-4-19(18)22(26)14-16-5-6-16;3-2(4,5)1(6)7/h1-4,7,12,15-16H,5-6,8-11,13-14H2;(H,6,7). The number of thiophene rings is 1. The van der Waals surface area contributed by atoms with Crippen molar-refractivity contribution in [2.75, 3.05) is 23.9 Å². The fourth-order valence-corrected chi connectivity index (χ4v) is 7.58. The van der Waals surface area contributed by atoms with Crippen LogP contribution in [0.15, 0.2) is 41.1 Å². The average molecular weight is 503 g/mol. The Labute approximate surface area is 194 Å². The van der Waals surface area contributed by atoms with E-state index in [1.807, 2.05) is 24.3 Å². The SMILES string of the molecule is O=C(O)C(F)(F)F.O=S1(=O)N(CC2CC2)c2ccccc2C12CCN(Cc1ccsc1)CC2. The Morgan fingerprint density at radius 1 is 1.15 bits per heavy atom. The molecule has 2 aromatic rings. The Hall–Kier alpha value is -2.11. The molecule has 0 amide bonds. The molecule has 11 heteroatoms. The van der Waals surface area contributed by atoms with E-state index in [2.05, 4.69) is 21.7 Å². The summed E-state index contributed by atoms with van der Waals surface area (Å²) < 4.78 is 60.0. The Bertz CT molecular complexity index is 1090. The van der Waals surface area contributed by atoms with Crippen LogP contribution in [0.4, 0.5) is 18.9 Å². The summed E-state index contributed by atoms with van der Waals surface area (Å²) in [5.41, 5.74) is 3.30. The Balaban J connectivity index is 0.000000325. The van der Waals surface area contributed by atoms with Gasteiger partial charge in [-0.15, -0.1) is 0 Å². The van der Waals surface area contributed by atoms with E-state index < -0.39 is 26.9 Å². The first-order valence-corrected chi connectivity index (χ1v) is 13.1. The highest BCUT2D eigenvalue weighted by atomic mass is 32.2. The number of hydrogen-bond donors (Lipinski definition) is 1. The fourth-order valence-electron chi connectivity index (χ4n) is 4.53. The third kappa shape index (κ3) is 4.76. The molecule has 1 aromatic heterocycles. The monoisotopic (exact) mass is 502 g/mol. The van der Waals surface area contributed by atoms with Crippen molar-refractivity contribution in [3.63, 3.8) is 0 Å². The van der Waals surface area contributed by atoms with Gasteiger partial charge in [0.2, 0.25) is 10.0 Å². The number of carbonyl (C=O) groups is 1. The summed E-state index contributed by atoms with van der Waals surface area (Å²) in [5, 5.41) is 11.4. The minimum atomic E-state index is -5.08. The summed E-state index contributed by atoms with van der Waals surface area (Å²) in [5.74, 6) is -2.21. The zero-order valence-electron chi connectivity index (χ0n) is 17.8. The molecule has 0 bridgehead atoms. The maximum Gasteiger partial charge on any atom is 0.490 e. The lowest BCUT2D eigenvalue weighted by molar-refractivity contribution is -0.192. The lowest BCUT2D eigenvalue weighted by Gasteiger charge is -2.39. The molecule has 1 saturated carbocycles. The van der Waals surface area contributed by atoms with E-state index in [-0.39, 0.29) is 0 Å². The number of sulfonamides is 1. The molecule has 3 heterocycles. The molecule has 0 atom stereocenters. The number of aliphatic carboxylic acids is 1. The number of anilines is 1. The van der Waals surface area contributed by atoms with Crippen molar-refractivity contribution in [2.24, 2.45) is 5.92 Å². The Morgan fingerprint density at radius 3 is 2.33 bits per heavy atom. The van der Waals surface area contributed by atoms with Crippen molar-refractivity contribution in [2.45, 2.75) is 43.2 Å². The first-order valence-electron chi connectivity index (χ1n) is 10.7. The lowest BCUT2D eigenvalue weighted by Crippen LogP contribution is -2.48. The second-order valence-corrected chi connectivity index (χ2v) is 11.7. The molecule has 6 nitrogen and oxygen atoms in total. The topological polar surface area (TPSA) is 77.9 Å². The highest BCUT2D eigenvalue weighted by Gasteiger charge is 2.57. The third-order valence-corrected chi connectivity index (χ3v) is 9.73. The van der Waals surface area contributed by atoms with Gasteiger partial charge in [0, 0.05) is 26.2 Å². The number of piperidine rings is 1. The molecule has 1 spiro atoms. The summed E-state index contributed by atoms with van der Waals surface area (Å²) >= 11 is 1.72. The van der Waals surface area contributed by atoms with Gasteiger partial charge < -0.3 is 5.11 Å². The van der Waals surface area contributed by atoms with E-state index >= 15 is 0 Å². The number of likely N-dealkylation sites (tertiary alicyclic amines) is 1. The number of halogens is 3. The van der Waals surface area contributed by atoms with Gasteiger partial charge in [0.15, 0.2) is 0 Å². The van der Waals surface area contributed by atoms with Crippen LogP contribution in [-0.2, 0) is 26.1 Å². The van der Waals surface area contributed by atoms with E-state index in [0.717, 1.165) is 43.7 Å². The number of alkyl halides is 3. The molecule has 0 radical (unpaired) electrons. The first-order chi connectivity index (χ1) is 15.5. The number of carboxylic acid groups (broad SMARTS) is 1. The molecule has 1 N–H and O–H groups in total. The summed E-state index contributed by atoms with van der Waals surface area (Å²) in [4.78, 5) is 11.3. The molecular formula is C22H25F3N2O4S2. The second kappa shape index (κ2) is 8.92. The average Bonchev–Trinajstić information content (AvgIpc) is 3.41. The van der Waals surface area contributed by atoms with Gasteiger partial charge in [0.1, 0.15) is 4.75 Å². The molecule has 1 saturated heterocycles. The maximum absolute atomic E-state index is 13.6. The number of carboxylic acids is 1. The molecule has 2 fully saturated rings. The van der Waals surface area contributed by atoms with Crippen LogP contribution in [0, 0.1) is 5.92 Å². The molecule has 180 valence electrons. The second-order valence-electron chi connectivity index (χ2n) is 8.70. The van der Waals surface area contributed by atoms with Crippen molar-refractivity contribution in [1.82, 2.24) is 4.90 Å². The molecule has 3 aliphatic rings. The Kier molecular flexibility index (Phi) is 6.49. The number of rotatable bonds is 4. The van der Waals surface area contributed by atoms with Crippen molar-refractivity contribution < 1.29 is 31.5 Å². The van der Waals surface area contributed by atoms with Gasteiger partial charge in [-0.2, -0.15) is 24.5 Å². The summed E-state index contributed by atoms with van der Waals surface area (Å²) in [6.45, 7) is 3.26. The predicted octanol–water partition coefficient (Wildman–Crippen LogP) is 4.43. The van der Waals surface area contributed by atoms with Crippen LogP contribution in [-0.4, -0.2) is 50.2 Å². The van der Waals surface area contributed by atoms with Crippen molar-refractivity contribution >= 4 is 33.0 Å². The van der Waals surface area contributed by atoms with E-state index in [1.165, 1.54) is 5.56 Å². The number of nitrogens with zero attached hydrogens (tertiary/aromatic N) is 2. The van der Waals surface area contributed by atoms with Crippen LogP contribution in [0.2, 0.25) is 0 Å². The van der Waals surface area contributed by atoms with Crippen LogP contribution in [0.25, 0.3) is 0 Å². The molecule has 5 rings (SSSR count). The quantitative estimate of drug-likeness (QED) is 0.669. The van der Waals surface area contributed by atoms with Gasteiger partial charge in [-0.25, -0.2) is 13.2 Å². The Morgan fingerprint density at radius 2 is 1.79 bits per heavy atom. The normalized spacial score (nSPS) is 21.4. The van der Waals surface area contributed by atoms with Crippen molar-refractivity contribution in [1.29, 1.82) is 0 Å². The van der Waals surface area contributed by atoms with Crippen molar-refractivity contribution in [3.05, 3.63) is 52.2 Å². The summed E-state index contributed by atoms with van der Waals surface area (Å²) in [6, 6.07) is 10.2. The number of hydrogen-bond acceptors (Lipinski definition) is 5. The van der Waals surface area contributed by atoms with Crippen LogP contribution < -0.4 is 4.31 Å². The smallest absolute Gasteiger partial charge is 0.475 e. The number of fused-ring (bicyclic) bond motifs is 2. The minimum absolute atomic E-state index is 0.548. The number of benzene rings is 1. The van der Waals surface area contributed by atoms with Gasteiger partial charge in [-0.05, 0) is 65.6 Å². The van der Waals surface area contributed by atoms with Crippen LogP contribution in [0.5, 0.6) is 0 Å². The zero-order valence-corrected chi connectivity index (χ0v) is 19.4. The van der Waals surface area contributed by atoms with Gasteiger partial charge >= 0.3 is 12.1 Å². The van der Waals surface area contributed by atoms with E-state index in [1.54, 1.807) is 15.6 Å². The van der Waals surface area contributed by atoms with Crippen LogP contribution >= 0.6 is 11.3 Å². The van der Waals surface area contributed by atoms with Gasteiger partial charge in [0.25, 0.3) is 0 Å². The molecule has 1 aliphatic carbocycles. The summed E-state index contributed by atoms with van der Waals surface area (Å²) in [6.07, 6.45) is -1.37. The first kappa shape index (κ1) is 24.0.